The van der Waals surface area contributed by atoms with Crippen LogP contribution >= 0.6 is 0 Å². The largest absolute Gasteiger partial charge is 0.497 e. The Kier molecular flexibility index (Phi) is 4.49. The zero-order valence-corrected chi connectivity index (χ0v) is 12.1. The number of esters is 1. The average Bonchev–Trinajstić information content (AvgIpc) is 2.47. The summed E-state index contributed by atoms with van der Waals surface area (Å²) in [5, 5.41) is 3.32. The predicted molar refractivity (Wildman–Crippen MR) is 76.0 cm³/mol. The third-order valence-corrected chi connectivity index (χ3v) is 3.62. The lowest BCUT2D eigenvalue weighted by Gasteiger charge is -2.38. The lowest BCUT2D eigenvalue weighted by molar-refractivity contribution is -0.151. The molecule has 110 valence electrons. The molecule has 1 saturated heterocycles. The van der Waals surface area contributed by atoms with Gasteiger partial charge in [0.2, 0.25) is 0 Å². The summed E-state index contributed by atoms with van der Waals surface area (Å²) in [7, 11) is 3.04. The monoisotopic (exact) mass is 279 g/mol. The van der Waals surface area contributed by atoms with Gasteiger partial charge in [0.25, 0.3) is 0 Å². The van der Waals surface area contributed by atoms with Gasteiger partial charge in [0.05, 0.1) is 20.3 Å². The molecule has 0 saturated carbocycles. The Labute approximate surface area is 119 Å². The first-order valence-electron chi connectivity index (χ1n) is 6.72. The molecule has 2 atom stereocenters. The van der Waals surface area contributed by atoms with Gasteiger partial charge < -0.3 is 19.5 Å². The molecule has 5 heteroatoms. The summed E-state index contributed by atoms with van der Waals surface area (Å²) >= 11 is 0. The maximum atomic E-state index is 12.2. The Hall–Kier alpha value is -1.75. The fourth-order valence-electron chi connectivity index (χ4n) is 2.58. The van der Waals surface area contributed by atoms with E-state index >= 15 is 0 Å². The van der Waals surface area contributed by atoms with Crippen LogP contribution in [0.4, 0.5) is 5.69 Å². The van der Waals surface area contributed by atoms with Gasteiger partial charge in [0.1, 0.15) is 11.3 Å². The van der Waals surface area contributed by atoms with Gasteiger partial charge in [-0.3, -0.25) is 0 Å². The first-order valence-corrected chi connectivity index (χ1v) is 6.72. The van der Waals surface area contributed by atoms with Gasteiger partial charge in [-0.25, -0.2) is 4.79 Å². The van der Waals surface area contributed by atoms with Gasteiger partial charge in [0, 0.05) is 25.1 Å². The highest BCUT2D eigenvalue weighted by Gasteiger charge is 2.43. The van der Waals surface area contributed by atoms with Crippen LogP contribution in [0.2, 0.25) is 0 Å². The molecule has 0 spiro atoms. The van der Waals surface area contributed by atoms with Crippen LogP contribution in [0.25, 0.3) is 0 Å². The van der Waals surface area contributed by atoms with E-state index in [4.69, 9.17) is 14.2 Å². The van der Waals surface area contributed by atoms with Gasteiger partial charge in [-0.15, -0.1) is 0 Å². The summed E-state index contributed by atoms with van der Waals surface area (Å²) < 4.78 is 15.6. The molecule has 1 heterocycles. The van der Waals surface area contributed by atoms with E-state index in [2.05, 4.69) is 5.32 Å². The molecule has 2 unspecified atom stereocenters. The highest BCUT2D eigenvalue weighted by molar-refractivity contribution is 5.84. The average molecular weight is 279 g/mol. The molecule has 20 heavy (non-hydrogen) atoms. The van der Waals surface area contributed by atoms with Crippen LogP contribution in [-0.2, 0) is 14.3 Å². The van der Waals surface area contributed by atoms with Crippen molar-refractivity contribution in [3.05, 3.63) is 24.3 Å². The highest BCUT2D eigenvalue weighted by atomic mass is 16.5. The summed E-state index contributed by atoms with van der Waals surface area (Å²) in [6.07, 6.45) is 1.20. The van der Waals surface area contributed by atoms with Crippen molar-refractivity contribution < 1.29 is 19.0 Å². The van der Waals surface area contributed by atoms with E-state index in [-0.39, 0.29) is 12.1 Å². The second kappa shape index (κ2) is 6.13. The molecule has 0 aromatic heterocycles. The van der Waals surface area contributed by atoms with Crippen LogP contribution in [0, 0.1) is 0 Å². The number of hydrogen-bond acceptors (Lipinski definition) is 5. The lowest BCUT2D eigenvalue weighted by Crippen LogP contribution is -2.53. The zero-order valence-electron chi connectivity index (χ0n) is 12.1. The van der Waals surface area contributed by atoms with Crippen LogP contribution in [0.15, 0.2) is 24.3 Å². The highest BCUT2D eigenvalue weighted by Crippen LogP contribution is 2.31. The summed E-state index contributed by atoms with van der Waals surface area (Å²) in [6, 6.07) is 7.50. The van der Waals surface area contributed by atoms with E-state index in [0.29, 0.717) is 19.4 Å². The zero-order chi connectivity index (χ0) is 14.6. The number of nitrogens with one attached hydrogen (secondary N) is 1. The van der Waals surface area contributed by atoms with Crippen molar-refractivity contribution in [2.45, 2.75) is 31.4 Å². The van der Waals surface area contributed by atoms with E-state index in [0.717, 1.165) is 11.4 Å². The number of anilines is 1. The van der Waals surface area contributed by atoms with Crippen molar-refractivity contribution in [3.63, 3.8) is 0 Å². The molecule has 2 rings (SSSR count). The number of rotatable bonds is 4. The molecule has 1 aliphatic heterocycles. The van der Waals surface area contributed by atoms with Crippen molar-refractivity contribution in [1.29, 1.82) is 0 Å². The Bertz CT molecular complexity index is 459. The van der Waals surface area contributed by atoms with Crippen LogP contribution in [-0.4, -0.2) is 38.4 Å². The molecule has 0 bridgehead atoms. The third kappa shape index (κ3) is 3.04. The Morgan fingerprint density at radius 2 is 2.05 bits per heavy atom. The Morgan fingerprint density at radius 3 is 2.60 bits per heavy atom. The quantitative estimate of drug-likeness (QED) is 0.856. The van der Waals surface area contributed by atoms with E-state index in [1.54, 1.807) is 7.11 Å². The lowest BCUT2D eigenvalue weighted by atomic mass is 9.86. The Balaban J connectivity index is 2.20. The summed E-state index contributed by atoms with van der Waals surface area (Å²) in [5.41, 5.74) is 0.145. The normalized spacial score (nSPS) is 25.9. The molecule has 1 N–H and O–H groups in total. The third-order valence-electron chi connectivity index (χ3n) is 3.62. The molecular weight excluding hydrogens is 258 g/mol. The molecule has 0 amide bonds. The van der Waals surface area contributed by atoms with Gasteiger partial charge in [0.15, 0.2) is 0 Å². The fraction of sp³-hybridized carbons (Fsp3) is 0.533. The topological polar surface area (TPSA) is 56.8 Å². The second-order valence-electron chi connectivity index (χ2n) is 5.06. The minimum atomic E-state index is -0.721. The van der Waals surface area contributed by atoms with Crippen LogP contribution < -0.4 is 10.1 Å². The van der Waals surface area contributed by atoms with Crippen LogP contribution in [0.3, 0.4) is 0 Å². The molecule has 0 aliphatic carbocycles. The maximum Gasteiger partial charge on any atom is 0.331 e. The second-order valence-corrected chi connectivity index (χ2v) is 5.06. The van der Waals surface area contributed by atoms with Gasteiger partial charge >= 0.3 is 5.97 Å². The molecule has 1 fully saturated rings. The number of ether oxygens (including phenoxy) is 3. The summed E-state index contributed by atoms with van der Waals surface area (Å²) in [6.45, 7) is 2.51. The SMILES string of the molecule is COC(=O)C1(Nc2ccc(OC)cc2)CCOC(C)C1. The van der Waals surface area contributed by atoms with Crippen molar-refractivity contribution in [1.82, 2.24) is 0 Å². The molecule has 1 aromatic rings. The van der Waals surface area contributed by atoms with Crippen molar-refractivity contribution >= 4 is 11.7 Å². The van der Waals surface area contributed by atoms with Crippen molar-refractivity contribution in [3.8, 4) is 5.75 Å². The number of carbonyl (C=O) groups excluding carboxylic acids is 1. The van der Waals surface area contributed by atoms with Crippen molar-refractivity contribution in [2.75, 3.05) is 26.1 Å². The number of methoxy groups -OCH3 is 2. The van der Waals surface area contributed by atoms with E-state index in [9.17, 15) is 4.79 Å². The summed E-state index contributed by atoms with van der Waals surface area (Å²) in [5.74, 6) is 0.534. The standard InChI is InChI=1S/C15H21NO4/c1-11-10-15(8-9-20-11,14(17)19-3)16-12-4-6-13(18-2)7-5-12/h4-7,11,16H,8-10H2,1-3H3. The van der Waals surface area contributed by atoms with Gasteiger partial charge in [-0.05, 0) is 31.2 Å². The van der Waals surface area contributed by atoms with Gasteiger partial charge in [-0.2, -0.15) is 0 Å². The minimum absolute atomic E-state index is 0.0219. The van der Waals surface area contributed by atoms with E-state index in [1.165, 1.54) is 7.11 Å². The van der Waals surface area contributed by atoms with Crippen LogP contribution in [0.5, 0.6) is 5.75 Å². The predicted octanol–water partition coefficient (Wildman–Crippen LogP) is 2.22. The van der Waals surface area contributed by atoms with Crippen LogP contribution in [0.1, 0.15) is 19.8 Å². The van der Waals surface area contributed by atoms with E-state index < -0.39 is 5.54 Å². The smallest absolute Gasteiger partial charge is 0.331 e. The number of carbonyl (C=O) groups is 1. The maximum absolute atomic E-state index is 12.2. The summed E-state index contributed by atoms with van der Waals surface area (Å²) in [4.78, 5) is 12.2. The number of benzene rings is 1. The molecular formula is C15H21NO4. The minimum Gasteiger partial charge on any atom is -0.497 e. The Morgan fingerprint density at radius 1 is 1.35 bits per heavy atom. The van der Waals surface area contributed by atoms with Gasteiger partial charge in [-0.1, -0.05) is 0 Å². The fourth-order valence-corrected chi connectivity index (χ4v) is 2.58. The molecule has 1 aliphatic rings. The number of hydrogen-bond donors (Lipinski definition) is 1. The first kappa shape index (κ1) is 14.7. The molecule has 0 radical (unpaired) electrons. The molecule has 1 aromatic carbocycles. The molecule has 5 nitrogen and oxygen atoms in total. The first-order chi connectivity index (χ1) is 9.59. The van der Waals surface area contributed by atoms with E-state index in [1.807, 2.05) is 31.2 Å². The van der Waals surface area contributed by atoms with Crippen molar-refractivity contribution in [2.24, 2.45) is 0 Å².